The Balaban J connectivity index is 2.26. The molecule has 0 fully saturated rings. The molecule has 1 atom stereocenters. The number of pyridine rings is 1. The molecule has 1 amide bonds. The number of carbonyl (C=O) groups is 1. The molecule has 1 aromatic carbocycles. The Morgan fingerprint density at radius 3 is 2.95 bits per heavy atom. The molecule has 0 aliphatic carbocycles. The van der Waals surface area contributed by atoms with Gasteiger partial charge < -0.3 is 5.73 Å². The van der Waals surface area contributed by atoms with Gasteiger partial charge in [-0.15, -0.1) is 0 Å². The van der Waals surface area contributed by atoms with Crippen LogP contribution in [0.3, 0.4) is 0 Å². The molecule has 6 heteroatoms. The van der Waals surface area contributed by atoms with Gasteiger partial charge in [0.15, 0.2) is 0 Å². The topological polar surface area (TPSA) is 80.4 Å². The van der Waals surface area contributed by atoms with E-state index in [1.807, 2.05) is 31.2 Å². The highest BCUT2D eigenvalue weighted by atomic mass is 35.5. The number of benzene rings is 1. The van der Waals surface area contributed by atoms with Crippen molar-refractivity contribution in [2.75, 3.05) is 0 Å². The normalized spacial score (nSPS) is 12.8. The van der Waals surface area contributed by atoms with Gasteiger partial charge in [0.05, 0.1) is 17.8 Å². The van der Waals surface area contributed by atoms with Gasteiger partial charge in [-0.3, -0.25) is 4.79 Å². The molecule has 0 bridgehead atoms. The number of amides is 1. The highest BCUT2D eigenvalue weighted by molar-refractivity contribution is 6.32. The van der Waals surface area contributed by atoms with E-state index in [1.54, 1.807) is 6.92 Å². The number of hydrogen-bond donors (Lipinski definition) is 2. The van der Waals surface area contributed by atoms with Crippen LogP contribution in [0.15, 0.2) is 29.4 Å². The van der Waals surface area contributed by atoms with Crippen LogP contribution in [-0.2, 0) is 4.79 Å². The maximum absolute atomic E-state index is 11.3. The highest BCUT2D eigenvalue weighted by Gasteiger charge is 2.06. The summed E-state index contributed by atoms with van der Waals surface area (Å²) in [7, 11) is 0. The molecule has 0 aliphatic rings. The first kappa shape index (κ1) is 14.4. The number of aryl methyl sites for hydroxylation is 1. The van der Waals surface area contributed by atoms with Crippen LogP contribution < -0.4 is 11.2 Å². The second-order valence-electron chi connectivity index (χ2n) is 4.59. The highest BCUT2D eigenvalue weighted by Crippen LogP contribution is 2.20. The van der Waals surface area contributed by atoms with E-state index in [0.717, 1.165) is 16.5 Å². The van der Waals surface area contributed by atoms with Crippen LogP contribution in [0.25, 0.3) is 10.9 Å². The summed E-state index contributed by atoms with van der Waals surface area (Å²) in [6.45, 7) is 3.58. The molecule has 20 heavy (non-hydrogen) atoms. The van der Waals surface area contributed by atoms with E-state index in [4.69, 9.17) is 17.3 Å². The zero-order chi connectivity index (χ0) is 14.7. The lowest BCUT2D eigenvalue weighted by molar-refractivity contribution is -0.121. The number of hydrazone groups is 1. The van der Waals surface area contributed by atoms with E-state index in [2.05, 4.69) is 15.5 Å². The van der Waals surface area contributed by atoms with E-state index in [0.29, 0.717) is 10.7 Å². The third kappa shape index (κ3) is 3.31. The van der Waals surface area contributed by atoms with Crippen molar-refractivity contribution in [1.29, 1.82) is 0 Å². The summed E-state index contributed by atoms with van der Waals surface area (Å²) >= 11 is 6.09. The summed E-state index contributed by atoms with van der Waals surface area (Å²) in [6.07, 6.45) is 1.45. The number of nitrogens with two attached hydrogens (primary N) is 1. The summed E-state index contributed by atoms with van der Waals surface area (Å²) < 4.78 is 0. The standard InChI is InChI=1S/C14H15ClN4O/c1-8-3-4-10-6-11(13(15)18-12(10)5-8)7-17-19-14(20)9(2)16/h3-7,9H,16H2,1-2H3,(H,19,20). The second-order valence-corrected chi connectivity index (χ2v) is 4.95. The van der Waals surface area contributed by atoms with Crippen molar-refractivity contribution in [3.63, 3.8) is 0 Å². The predicted octanol–water partition coefficient (Wildman–Crippen LogP) is 1.99. The minimum Gasteiger partial charge on any atom is -0.320 e. The van der Waals surface area contributed by atoms with Crippen molar-refractivity contribution in [3.8, 4) is 0 Å². The first-order valence-electron chi connectivity index (χ1n) is 6.13. The van der Waals surface area contributed by atoms with Gasteiger partial charge in [-0.2, -0.15) is 5.10 Å². The van der Waals surface area contributed by atoms with E-state index in [9.17, 15) is 4.79 Å². The maximum atomic E-state index is 11.3. The molecule has 1 aromatic heterocycles. The van der Waals surface area contributed by atoms with Gasteiger partial charge in [0.25, 0.3) is 5.91 Å². The third-order valence-corrected chi connectivity index (χ3v) is 3.05. The van der Waals surface area contributed by atoms with Crippen molar-refractivity contribution in [2.45, 2.75) is 19.9 Å². The van der Waals surface area contributed by atoms with Crippen molar-refractivity contribution < 1.29 is 4.79 Å². The zero-order valence-electron chi connectivity index (χ0n) is 11.2. The first-order valence-corrected chi connectivity index (χ1v) is 6.50. The minimum absolute atomic E-state index is 0.335. The first-order chi connectivity index (χ1) is 9.47. The van der Waals surface area contributed by atoms with E-state index in [-0.39, 0.29) is 5.91 Å². The van der Waals surface area contributed by atoms with Gasteiger partial charge in [0, 0.05) is 10.9 Å². The number of fused-ring (bicyclic) bond motifs is 1. The predicted molar refractivity (Wildman–Crippen MR) is 80.9 cm³/mol. The van der Waals surface area contributed by atoms with Crippen LogP contribution in [0, 0.1) is 6.92 Å². The van der Waals surface area contributed by atoms with Gasteiger partial charge in [0.2, 0.25) is 0 Å². The Bertz CT molecular complexity index is 682. The molecule has 1 heterocycles. The van der Waals surface area contributed by atoms with Gasteiger partial charge >= 0.3 is 0 Å². The van der Waals surface area contributed by atoms with Crippen molar-refractivity contribution >= 4 is 34.6 Å². The summed E-state index contributed by atoms with van der Waals surface area (Å²) in [5, 5.41) is 5.11. The Morgan fingerprint density at radius 1 is 1.50 bits per heavy atom. The van der Waals surface area contributed by atoms with Crippen molar-refractivity contribution in [2.24, 2.45) is 10.8 Å². The Labute approximate surface area is 121 Å². The smallest absolute Gasteiger partial charge is 0.256 e. The molecule has 0 saturated heterocycles. The van der Waals surface area contributed by atoms with Gasteiger partial charge in [-0.1, -0.05) is 23.7 Å². The third-order valence-electron chi connectivity index (χ3n) is 2.75. The summed E-state index contributed by atoms with van der Waals surface area (Å²) in [6, 6.07) is 7.18. The molecule has 3 N–H and O–H groups in total. The van der Waals surface area contributed by atoms with Crippen molar-refractivity contribution in [1.82, 2.24) is 10.4 Å². The molecule has 2 rings (SSSR count). The fraction of sp³-hybridized carbons (Fsp3) is 0.214. The van der Waals surface area contributed by atoms with Crippen molar-refractivity contribution in [3.05, 3.63) is 40.5 Å². The summed E-state index contributed by atoms with van der Waals surface area (Å²) in [5.41, 5.74) is 10.3. The SMILES string of the molecule is Cc1ccc2cc(C=NNC(=O)C(C)N)c(Cl)nc2c1. The maximum Gasteiger partial charge on any atom is 0.256 e. The molecule has 1 unspecified atom stereocenters. The molecule has 0 spiro atoms. The van der Waals surface area contributed by atoms with Gasteiger partial charge in [0.1, 0.15) is 5.15 Å². The molecule has 0 saturated carbocycles. The molecule has 104 valence electrons. The second kappa shape index (κ2) is 5.98. The van der Waals surface area contributed by atoms with Gasteiger partial charge in [-0.05, 0) is 31.5 Å². The monoisotopic (exact) mass is 290 g/mol. The number of nitrogens with zero attached hydrogens (tertiary/aromatic N) is 2. The summed E-state index contributed by atoms with van der Waals surface area (Å²) in [5.74, 6) is -0.359. The molecular formula is C14H15ClN4O. The van der Waals surface area contributed by atoms with Crippen LogP contribution in [0.2, 0.25) is 5.15 Å². The number of hydrogen-bond acceptors (Lipinski definition) is 4. The number of nitrogens with one attached hydrogen (secondary N) is 1. The average molecular weight is 291 g/mol. The van der Waals surface area contributed by atoms with Gasteiger partial charge in [-0.25, -0.2) is 10.4 Å². The average Bonchev–Trinajstić information content (AvgIpc) is 2.39. The van der Waals surface area contributed by atoms with Crippen LogP contribution in [0.1, 0.15) is 18.1 Å². The lowest BCUT2D eigenvalue weighted by atomic mass is 10.1. The Kier molecular flexibility index (Phi) is 4.32. The number of carbonyl (C=O) groups excluding carboxylic acids is 1. The fourth-order valence-electron chi connectivity index (χ4n) is 1.63. The number of rotatable bonds is 3. The van der Waals surface area contributed by atoms with E-state index >= 15 is 0 Å². The molecule has 0 aliphatic heterocycles. The molecule has 5 nitrogen and oxygen atoms in total. The molecule has 2 aromatic rings. The largest absolute Gasteiger partial charge is 0.320 e. The fourth-order valence-corrected chi connectivity index (χ4v) is 1.82. The lowest BCUT2D eigenvalue weighted by Gasteiger charge is -2.04. The minimum atomic E-state index is -0.611. The number of aromatic nitrogens is 1. The lowest BCUT2D eigenvalue weighted by Crippen LogP contribution is -2.35. The Hall–Kier alpha value is -1.98. The van der Waals surface area contributed by atoms with Crippen LogP contribution in [0.5, 0.6) is 0 Å². The van der Waals surface area contributed by atoms with E-state index in [1.165, 1.54) is 6.21 Å². The number of halogens is 1. The molecule has 0 radical (unpaired) electrons. The Morgan fingerprint density at radius 2 is 2.25 bits per heavy atom. The summed E-state index contributed by atoms with van der Waals surface area (Å²) in [4.78, 5) is 15.6. The van der Waals surface area contributed by atoms with Crippen LogP contribution in [-0.4, -0.2) is 23.1 Å². The van der Waals surface area contributed by atoms with Crippen LogP contribution in [0.4, 0.5) is 0 Å². The molecular weight excluding hydrogens is 276 g/mol. The quantitative estimate of drug-likeness (QED) is 0.515. The van der Waals surface area contributed by atoms with Crippen LogP contribution >= 0.6 is 11.6 Å². The van der Waals surface area contributed by atoms with E-state index < -0.39 is 6.04 Å². The zero-order valence-corrected chi connectivity index (χ0v) is 12.0.